The summed E-state index contributed by atoms with van der Waals surface area (Å²) in [6.45, 7) is 0. The third kappa shape index (κ3) is 2.89. The summed E-state index contributed by atoms with van der Waals surface area (Å²) >= 11 is 5.43. The van der Waals surface area contributed by atoms with E-state index in [1.165, 1.54) is 18.2 Å². The summed E-state index contributed by atoms with van der Waals surface area (Å²) < 4.78 is 0. The lowest BCUT2D eigenvalue weighted by atomic mass is 10.1. The van der Waals surface area contributed by atoms with Crippen LogP contribution in [0.15, 0.2) is 24.3 Å². The topological polar surface area (TPSA) is 60.2 Å². The third-order valence-corrected chi connectivity index (χ3v) is 1.95. The van der Waals surface area contributed by atoms with Gasteiger partial charge in [-0.25, -0.2) is 0 Å². The minimum atomic E-state index is -0.527. The molecule has 0 aliphatic heterocycles. The molecule has 0 heterocycles. The Labute approximate surface area is 91.3 Å². The van der Waals surface area contributed by atoms with Crippen LogP contribution in [0, 0.1) is 10.1 Å². The number of allylic oxidation sites excluding steroid dienone is 1. The molecule has 0 aromatic heterocycles. The molecule has 0 unspecified atom stereocenters. The maximum Gasteiger partial charge on any atom is 0.277 e. The van der Waals surface area contributed by atoms with Crippen molar-refractivity contribution >= 4 is 29.7 Å². The normalized spacial score (nSPS) is 10.5. The summed E-state index contributed by atoms with van der Waals surface area (Å²) in [6.07, 6.45) is 3.73. The van der Waals surface area contributed by atoms with Crippen LogP contribution in [0.5, 0.6) is 0 Å². The van der Waals surface area contributed by atoms with E-state index < -0.39 is 4.92 Å². The van der Waals surface area contributed by atoms with Crippen LogP contribution in [0.1, 0.15) is 15.9 Å². The van der Waals surface area contributed by atoms with Crippen LogP contribution >= 0.6 is 11.6 Å². The molecule has 0 saturated heterocycles. The van der Waals surface area contributed by atoms with Gasteiger partial charge in [0.1, 0.15) is 6.29 Å². The Kier molecular flexibility index (Phi) is 4.00. The predicted molar refractivity (Wildman–Crippen MR) is 58.2 cm³/mol. The highest BCUT2D eigenvalue weighted by atomic mass is 35.5. The van der Waals surface area contributed by atoms with Crippen LogP contribution in [-0.2, 0) is 0 Å². The largest absolute Gasteiger partial charge is 0.298 e. The minimum Gasteiger partial charge on any atom is -0.298 e. The molecule has 0 amide bonds. The standard InChI is InChI=1S/C10H8ClNO3/c11-5-1-2-9-4-3-8(7-13)6-10(9)12(14)15/h1-4,6-7H,5H2. The van der Waals surface area contributed by atoms with Gasteiger partial charge in [-0.15, -0.1) is 11.6 Å². The molecule has 0 saturated carbocycles. The number of rotatable bonds is 4. The molecule has 0 radical (unpaired) electrons. The zero-order valence-corrected chi connectivity index (χ0v) is 8.48. The van der Waals surface area contributed by atoms with Gasteiger partial charge in [0.2, 0.25) is 0 Å². The lowest BCUT2D eigenvalue weighted by Gasteiger charge is -1.97. The molecule has 1 aromatic rings. The van der Waals surface area contributed by atoms with Gasteiger partial charge in [-0.1, -0.05) is 18.2 Å². The number of nitro benzene ring substituents is 1. The second-order valence-corrected chi connectivity index (χ2v) is 3.06. The molecule has 15 heavy (non-hydrogen) atoms. The summed E-state index contributed by atoms with van der Waals surface area (Å²) in [6, 6.07) is 4.28. The number of carbonyl (C=O) groups is 1. The Balaban J connectivity index is 3.20. The molecule has 0 fully saturated rings. The van der Waals surface area contributed by atoms with Crippen LogP contribution in [0.2, 0.25) is 0 Å². The van der Waals surface area contributed by atoms with Crippen molar-refractivity contribution in [1.82, 2.24) is 0 Å². The first-order valence-corrected chi connectivity index (χ1v) is 4.68. The van der Waals surface area contributed by atoms with E-state index in [4.69, 9.17) is 11.6 Å². The lowest BCUT2D eigenvalue weighted by molar-refractivity contribution is -0.385. The summed E-state index contributed by atoms with van der Waals surface area (Å²) in [7, 11) is 0. The van der Waals surface area contributed by atoms with Crippen LogP contribution in [0.25, 0.3) is 6.08 Å². The minimum absolute atomic E-state index is 0.0963. The molecule has 0 aliphatic carbocycles. The van der Waals surface area contributed by atoms with Gasteiger partial charge in [0.05, 0.1) is 10.5 Å². The number of hydrogen-bond donors (Lipinski definition) is 0. The fraction of sp³-hybridized carbons (Fsp3) is 0.100. The Morgan fingerprint density at radius 2 is 2.20 bits per heavy atom. The number of hydrogen-bond acceptors (Lipinski definition) is 3. The fourth-order valence-electron chi connectivity index (χ4n) is 1.10. The van der Waals surface area contributed by atoms with Crippen molar-refractivity contribution in [3.63, 3.8) is 0 Å². The van der Waals surface area contributed by atoms with Crippen molar-refractivity contribution in [2.75, 3.05) is 5.88 Å². The molecular weight excluding hydrogens is 218 g/mol. The number of halogens is 1. The molecule has 4 nitrogen and oxygen atoms in total. The molecule has 0 N–H and O–H groups in total. The van der Waals surface area contributed by atoms with Gasteiger partial charge < -0.3 is 0 Å². The first-order chi connectivity index (χ1) is 7.19. The summed E-state index contributed by atoms with van der Waals surface area (Å²) in [4.78, 5) is 20.6. The van der Waals surface area contributed by atoms with E-state index in [1.807, 2.05) is 0 Å². The van der Waals surface area contributed by atoms with Gasteiger partial charge in [-0.3, -0.25) is 14.9 Å². The predicted octanol–water partition coefficient (Wildman–Crippen LogP) is 2.66. The molecule has 1 aromatic carbocycles. The van der Waals surface area contributed by atoms with Crippen molar-refractivity contribution in [3.8, 4) is 0 Å². The number of benzene rings is 1. The van der Waals surface area contributed by atoms with E-state index in [2.05, 4.69) is 0 Å². The van der Waals surface area contributed by atoms with E-state index >= 15 is 0 Å². The van der Waals surface area contributed by atoms with E-state index in [0.717, 1.165) is 0 Å². The Morgan fingerprint density at radius 3 is 2.73 bits per heavy atom. The molecule has 0 spiro atoms. The molecule has 5 heteroatoms. The zero-order chi connectivity index (χ0) is 11.3. The van der Waals surface area contributed by atoms with Crippen LogP contribution in [0.3, 0.4) is 0 Å². The smallest absolute Gasteiger partial charge is 0.277 e. The maximum absolute atomic E-state index is 10.7. The highest BCUT2D eigenvalue weighted by molar-refractivity contribution is 6.19. The maximum atomic E-state index is 10.7. The van der Waals surface area contributed by atoms with Crippen molar-refractivity contribution in [2.45, 2.75) is 0 Å². The highest BCUT2D eigenvalue weighted by Gasteiger charge is 2.11. The average molecular weight is 226 g/mol. The SMILES string of the molecule is O=Cc1ccc(C=CCCl)c([N+](=O)[O-])c1. The van der Waals surface area contributed by atoms with E-state index in [-0.39, 0.29) is 17.1 Å². The number of aldehydes is 1. The molecule has 1 rings (SSSR count). The Hall–Kier alpha value is -1.68. The summed E-state index contributed by atoms with van der Waals surface area (Å²) in [5, 5.41) is 10.7. The number of nitro groups is 1. The first kappa shape index (κ1) is 11.4. The molecule has 0 bridgehead atoms. The van der Waals surface area contributed by atoms with Crippen molar-refractivity contribution in [2.24, 2.45) is 0 Å². The van der Waals surface area contributed by atoms with Gasteiger partial charge in [-0.05, 0) is 6.07 Å². The first-order valence-electron chi connectivity index (χ1n) is 4.15. The van der Waals surface area contributed by atoms with Gasteiger partial charge in [0, 0.05) is 17.5 Å². The third-order valence-electron chi connectivity index (χ3n) is 1.77. The molecule has 0 aliphatic rings. The van der Waals surface area contributed by atoms with Crippen LogP contribution in [0.4, 0.5) is 5.69 Å². The number of alkyl halides is 1. The van der Waals surface area contributed by atoms with Gasteiger partial charge in [0.25, 0.3) is 5.69 Å². The van der Waals surface area contributed by atoms with Crippen LogP contribution < -0.4 is 0 Å². The summed E-state index contributed by atoms with van der Waals surface area (Å²) in [5.74, 6) is 0.284. The second kappa shape index (κ2) is 5.26. The monoisotopic (exact) mass is 225 g/mol. The molecule has 78 valence electrons. The quantitative estimate of drug-likeness (QED) is 0.343. The second-order valence-electron chi connectivity index (χ2n) is 2.75. The lowest BCUT2D eigenvalue weighted by Crippen LogP contribution is -1.93. The van der Waals surface area contributed by atoms with Gasteiger partial charge in [-0.2, -0.15) is 0 Å². The van der Waals surface area contributed by atoms with E-state index in [1.54, 1.807) is 12.2 Å². The van der Waals surface area contributed by atoms with Crippen molar-refractivity contribution in [3.05, 3.63) is 45.5 Å². The highest BCUT2D eigenvalue weighted by Crippen LogP contribution is 2.21. The van der Waals surface area contributed by atoms with E-state index in [0.29, 0.717) is 11.8 Å². The molecular formula is C10H8ClNO3. The molecule has 0 atom stereocenters. The average Bonchev–Trinajstić information content (AvgIpc) is 2.26. The number of nitrogens with zero attached hydrogens (tertiary/aromatic N) is 1. The fourth-order valence-corrected chi connectivity index (χ4v) is 1.19. The van der Waals surface area contributed by atoms with Crippen LogP contribution in [-0.4, -0.2) is 17.1 Å². The van der Waals surface area contributed by atoms with Gasteiger partial charge >= 0.3 is 0 Å². The van der Waals surface area contributed by atoms with Gasteiger partial charge in [0.15, 0.2) is 0 Å². The Morgan fingerprint density at radius 1 is 1.47 bits per heavy atom. The van der Waals surface area contributed by atoms with Crippen molar-refractivity contribution < 1.29 is 9.72 Å². The van der Waals surface area contributed by atoms with E-state index in [9.17, 15) is 14.9 Å². The van der Waals surface area contributed by atoms with Crippen molar-refractivity contribution in [1.29, 1.82) is 0 Å². The summed E-state index contributed by atoms with van der Waals surface area (Å²) in [5.41, 5.74) is 0.622. The number of carbonyl (C=O) groups excluding carboxylic acids is 1. The Bertz CT molecular complexity index is 415. The zero-order valence-electron chi connectivity index (χ0n) is 7.72.